The number of ketones is 1. The molecule has 0 saturated carbocycles. The minimum absolute atomic E-state index is 0.0157. The van der Waals surface area contributed by atoms with Crippen molar-refractivity contribution in [3.05, 3.63) is 167 Å². The zero-order valence-electron chi connectivity index (χ0n) is 26.0. The van der Waals surface area contributed by atoms with Crippen molar-refractivity contribution in [2.24, 2.45) is 0 Å². The van der Waals surface area contributed by atoms with E-state index in [0.29, 0.717) is 48.6 Å². The molecule has 0 fully saturated rings. The molecule has 5 rings (SSSR count). The monoisotopic (exact) mass is 626 g/mol. The van der Waals surface area contributed by atoms with Gasteiger partial charge in [-0.15, -0.1) is 0 Å². The van der Waals surface area contributed by atoms with Crippen LogP contribution in [0.2, 0.25) is 0 Å². The van der Waals surface area contributed by atoms with Gasteiger partial charge in [-0.1, -0.05) is 115 Å². The molecule has 7 nitrogen and oxygen atoms in total. The van der Waals surface area contributed by atoms with E-state index in [2.05, 4.69) is 10.6 Å². The minimum atomic E-state index is -1.02. The summed E-state index contributed by atoms with van der Waals surface area (Å²) in [6.45, 7) is 0.898. The summed E-state index contributed by atoms with van der Waals surface area (Å²) in [5, 5.41) is 16.1. The normalized spacial score (nSPS) is 12.0. The molecule has 0 aliphatic carbocycles. The molecule has 5 aromatic rings. The molecule has 0 heterocycles. The number of carboxylic acid groups (broad SMARTS) is 1. The molecule has 3 N–H and O–H groups in total. The standard InChI is InChI=1S/C40H38N2O5/c43-38(32-17-8-3-9-18-32)34-19-10-11-20-36(34)42-37(40(45)46)28-30-21-23-33(24-22-30)47-26-12-25-41-39(44)35(31-15-6-2-7-16-31)27-29-13-4-1-5-14-29/h1-11,13-24,35,37,42H,12,25-28H2,(H,41,44)(H,45,46)/t35?,37-/m0/s1. The lowest BCUT2D eigenvalue weighted by molar-refractivity contribution is -0.137. The average molecular weight is 627 g/mol. The van der Waals surface area contributed by atoms with E-state index in [1.165, 1.54) is 0 Å². The molecule has 47 heavy (non-hydrogen) atoms. The van der Waals surface area contributed by atoms with Crippen molar-refractivity contribution in [1.82, 2.24) is 5.32 Å². The number of rotatable bonds is 16. The van der Waals surface area contributed by atoms with Crippen LogP contribution < -0.4 is 15.4 Å². The summed E-state index contributed by atoms with van der Waals surface area (Å²) in [7, 11) is 0. The first-order valence-electron chi connectivity index (χ1n) is 15.7. The van der Waals surface area contributed by atoms with Crippen molar-refractivity contribution in [1.29, 1.82) is 0 Å². The van der Waals surface area contributed by atoms with Gasteiger partial charge < -0.3 is 20.5 Å². The number of hydrogen-bond donors (Lipinski definition) is 3. The van der Waals surface area contributed by atoms with Crippen molar-refractivity contribution < 1.29 is 24.2 Å². The molecule has 0 radical (unpaired) electrons. The highest BCUT2D eigenvalue weighted by Crippen LogP contribution is 2.23. The van der Waals surface area contributed by atoms with Gasteiger partial charge >= 0.3 is 5.97 Å². The summed E-state index contributed by atoms with van der Waals surface area (Å²) in [4.78, 5) is 38.5. The van der Waals surface area contributed by atoms with Gasteiger partial charge in [0.1, 0.15) is 11.8 Å². The van der Waals surface area contributed by atoms with Crippen molar-refractivity contribution in [2.75, 3.05) is 18.5 Å². The van der Waals surface area contributed by atoms with Gasteiger partial charge in [0.2, 0.25) is 5.91 Å². The third-order valence-electron chi connectivity index (χ3n) is 7.89. The van der Waals surface area contributed by atoms with Crippen LogP contribution in [-0.2, 0) is 22.4 Å². The summed E-state index contributed by atoms with van der Waals surface area (Å²) >= 11 is 0. The highest BCUT2D eigenvalue weighted by Gasteiger charge is 2.22. The second-order valence-electron chi connectivity index (χ2n) is 11.3. The van der Waals surface area contributed by atoms with Crippen LogP contribution in [0.4, 0.5) is 5.69 Å². The van der Waals surface area contributed by atoms with Crippen molar-refractivity contribution in [3.63, 3.8) is 0 Å². The number of carbonyl (C=O) groups excluding carboxylic acids is 2. The van der Waals surface area contributed by atoms with Crippen LogP contribution >= 0.6 is 0 Å². The van der Waals surface area contributed by atoms with E-state index in [1.54, 1.807) is 48.5 Å². The van der Waals surface area contributed by atoms with E-state index in [9.17, 15) is 19.5 Å². The molecule has 0 saturated heterocycles. The maximum Gasteiger partial charge on any atom is 0.326 e. The third kappa shape index (κ3) is 9.41. The number of nitrogens with one attached hydrogen (secondary N) is 2. The van der Waals surface area contributed by atoms with Crippen LogP contribution in [0.1, 0.15) is 45.0 Å². The number of carboxylic acids is 1. The lowest BCUT2D eigenvalue weighted by Crippen LogP contribution is -2.32. The molecule has 0 bridgehead atoms. The first-order chi connectivity index (χ1) is 23.0. The fourth-order valence-corrected chi connectivity index (χ4v) is 5.39. The topological polar surface area (TPSA) is 105 Å². The first kappa shape index (κ1) is 32.7. The molecule has 2 atom stereocenters. The van der Waals surface area contributed by atoms with Gasteiger partial charge in [0.05, 0.1) is 12.5 Å². The second-order valence-corrected chi connectivity index (χ2v) is 11.3. The Hall–Kier alpha value is -5.69. The Morgan fingerprint density at radius 3 is 1.94 bits per heavy atom. The van der Waals surface area contributed by atoms with Crippen LogP contribution in [0.25, 0.3) is 0 Å². The highest BCUT2D eigenvalue weighted by atomic mass is 16.5. The Morgan fingerprint density at radius 2 is 1.26 bits per heavy atom. The third-order valence-corrected chi connectivity index (χ3v) is 7.89. The predicted molar refractivity (Wildman–Crippen MR) is 184 cm³/mol. The number of aliphatic carboxylic acids is 1. The van der Waals surface area contributed by atoms with Gasteiger partial charge in [-0.2, -0.15) is 0 Å². The van der Waals surface area contributed by atoms with Gasteiger partial charge in [-0.25, -0.2) is 4.79 Å². The molecular formula is C40H38N2O5. The van der Waals surface area contributed by atoms with Gasteiger partial charge in [-0.05, 0) is 53.8 Å². The first-order valence-corrected chi connectivity index (χ1v) is 15.7. The molecule has 1 unspecified atom stereocenters. The Labute approximate surface area is 275 Å². The molecule has 7 heteroatoms. The lowest BCUT2D eigenvalue weighted by atomic mass is 9.91. The number of carbonyl (C=O) groups is 3. The highest BCUT2D eigenvalue weighted by molar-refractivity contribution is 6.12. The maximum atomic E-state index is 13.2. The van der Waals surface area contributed by atoms with Crippen LogP contribution in [0.5, 0.6) is 5.75 Å². The Kier molecular flexibility index (Phi) is 11.5. The Morgan fingerprint density at radius 1 is 0.660 bits per heavy atom. The summed E-state index contributed by atoms with van der Waals surface area (Å²) in [5.41, 5.74) is 4.31. The van der Waals surface area contributed by atoms with E-state index in [4.69, 9.17) is 4.74 Å². The van der Waals surface area contributed by atoms with Crippen molar-refractivity contribution in [2.45, 2.75) is 31.2 Å². The summed E-state index contributed by atoms with van der Waals surface area (Å²) in [6.07, 6.45) is 1.46. The molecular weight excluding hydrogens is 588 g/mol. The smallest absolute Gasteiger partial charge is 0.326 e. The van der Waals surface area contributed by atoms with Gasteiger partial charge in [0.25, 0.3) is 0 Å². The lowest BCUT2D eigenvalue weighted by Gasteiger charge is -2.18. The summed E-state index contributed by atoms with van der Waals surface area (Å²) in [5.74, 6) is -0.841. The SMILES string of the molecule is O=C(c1ccccc1)c1ccccc1N[C@@H](Cc1ccc(OCCCNC(=O)C(Cc2ccccc2)c2ccccc2)cc1)C(=O)O. The Bertz CT molecular complexity index is 1740. The van der Waals surface area contributed by atoms with Gasteiger partial charge in [0, 0.05) is 29.8 Å². The number of benzene rings is 5. The van der Waals surface area contributed by atoms with E-state index in [-0.39, 0.29) is 24.0 Å². The van der Waals surface area contributed by atoms with E-state index in [0.717, 1.165) is 16.7 Å². The summed E-state index contributed by atoms with van der Waals surface area (Å²) < 4.78 is 5.90. The van der Waals surface area contributed by atoms with Crippen LogP contribution in [-0.4, -0.2) is 42.0 Å². The number of hydrogen-bond acceptors (Lipinski definition) is 5. The zero-order valence-corrected chi connectivity index (χ0v) is 26.0. The van der Waals surface area contributed by atoms with Crippen LogP contribution in [0.15, 0.2) is 140 Å². The van der Waals surface area contributed by atoms with Gasteiger partial charge in [0.15, 0.2) is 5.78 Å². The molecule has 1 amide bonds. The van der Waals surface area contributed by atoms with Crippen LogP contribution in [0.3, 0.4) is 0 Å². The average Bonchev–Trinajstić information content (AvgIpc) is 3.12. The quantitative estimate of drug-likeness (QED) is 0.0810. The number of amides is 1. The zero-order chi connectivity index (χ0) is 32.8. The summed E-state index contributed by atoms with van der Waals surface area (Å²) in [6, 6.07) is 42.0. The minimum Gasteiger partial charge on any atom is -0.494 e. The fourth-order valence-electron chi connectivity index (χ4n) is 5.39. The number of anilines is 1. The number of ether oxygens (including phenoxy) is 1. The van der Waals surface area contributed by atoms with E-state index >= 15 is 0 Å². The van der Waals surface area contributed by atoms with Crippen molar-refractivity contribution in [3.8, 4) is 5.75 Å². The second kappa shape index (κ2) is 16.6. The molecule has 0 aliphatic heterocycles. The predicted octanol–water partition coefficient (Wildman–Crippen LogP) is 6.94. The van der Waals surface area contributed by atoms with E-state index in [1.807, 2.05) is 91.0 Å². The Balaban J connectivity index is 1.11. The fraction of sp³-hybridized carbons (Fsp3) is 0.175. The maximum absolute atomic E-state index is 13.2. The number of para-hydroxylation sites is 1. The largest absolute Gasteiger partial charge is 0.494 e. The molecule has 5 aromatic carbocycles. The van der Waals surface area contributed by atoms with Crippen LogP contribution in [0, 0.1) is 0 Å². The van der Waals surface area contributed by atoms with Gasteiger partial charge in [-0.3, -0.25) is 9.59 Å². The molecule has 0 aliphatic rings. The van der Waals surface area contributed by atoms with E-state index < -0.39 is 12.0 Å². The van der Waals surface area contributed by atoms with Crippen molar-refractivity contribution >= 4 is 23.3 Å². The molecule has 0 spiro atoms. The molecule has 0 aromatic heterocycles. The molecule has 238 valence electrons.